The molecule has 11 rings (SSSR count). The maximum Gasteiger partial charge on any atom is 0.141 e. The Balaban J connectivity index is 1.09. The van der Waals surface area contributed by atoms with E-state index in [0.717, 1.165) is 73.3 Å². The Labute approximate surface area is 312 Å². The second kappa shape index (κ2) is 12.0. The molecule has 8 aromatic carbocycles. The Morgan fingerprint density at radius 1 is 0.444 bits per heavy atom. The summed E-state index contributed by atoms with van der Waals surface area (Å²) in [7, 11) is 0. The lowest BCUT2D eigenvalue weighted by Crippen LogP contribution is -1.97. The van der Waals surface area contributed by atoms with Crippen molar-refractivity contribution < 1.29 is 0 Å². The van der Waals surface area contributed by atoms with Crippen molar-refractivity contribution in [1.29, 1.82) is 0 Å². The van der Waals surface area contributed by atoms with Gasteiger partial charge in [0, 0.05) is 55.9 Å². The first-order chi connectivity index (χ1) is 26.7. The van der Waals surface area contributed by atoms with Crippen molar-refractivity contribution in [1.82, 2.24) is 19.1 Å². The first-order valence-corrected chi connectivity index (χ1v) is 18.6. The van der Waals surface area contributed by atoms with Crippen molar-refractivity contribution in [3.05, 3.63) is 176 Å². The molecule has 0 spiro atoms. The molecule has 54 heavy (non-hydrogen) atoms. The van der Waals surface area contributed by atoms with E-state index in [1.54, 1.807) is 0 Å². The third-order valence-electron chi connectivity index (χ3n) is 11.1. The SMILES string of the molecule is CCn1c(-c2ccc(-c3nc4c(-c5ccc(-n6c7ccccc7c7ccccc76)cc5)cccc4c4c3ccc3ccccc34)cc2)nc2ccccc21. The molecular formula is C50H34N4. The van der Waals surface area contributed by atoms with Gasteiger partial charge >= 0.3 is 0 Å². The molecule has 0 aliphatic rings. The summed E-state index contributed by atoms with van der Waals surface area (Å²) in [6, 6.07) is 63.3. The van der Waals surface area contributed by atoms with Crippen LogP contribution in [0.1, 0.15) is 6.92 Å². The second-order valence-electron chi connectivity index (χ2n) is 14.0. The highest BCUT2D eigenvalue weighted by Crippen LogP contribution is 2.41. The summed E-state index contributed by atoms with van der Waals surface area (Å²) in [6.07, 6.45) is 0. The molecule has 0 bridgehead atoms. The van der Waals surface area contributed by atoms with Crippen molar-refractivity contribution in [2.45, 2.75) is 13.5 Å². The minimum Gasteiger partial charge on any atom is -0.324 e. The molecule has 0 saturated carbocycles. The van der Waals surface area contributed by atoms with Crippen molar-refractivity contribution in [2.24, 2.45) is 0 Å². The summed E-state index contributed by atoms with van der Waals surface area (Å²) in [6.45, 7) is 3.03. The minimum absolute atomic E-state index is 0.851. The molecule has 3 aromatic heterocycles. The number of pyridine rings is 1. The summed E-state index contributed by atoms with van der Waals surface area (Å²) >= 11 is 0. The molecule has 3 heterocycles. The summed E-state index contributed by atoms with van der Waals surface area (Å²) in [5.41, 5.74) is 12.1. The van der Waals surface area contributed by atoms with Gasteiger partial charge in [-0.15, -0.1) is 0 Å². The molecule has 0 amide bonds. The normalized spacial score (nSPS) is 11.9. The highest BCUT2D eigenvalue weighted by atomic mass is 15.1. The zero-order chi connectivity index (χ0) is 35.8. The van der Waals surface area contributed by atoms with Gasteiger partial charge in [0.1, 0.15) is 5.82 Å². The maximum absolute atomic E-state index is 5.56. The summed E-state index contributed by atoms with van der Waals surface area (Å²) in [5, 5.41) is 8.51. The lowest BCUT2D eigenvalue weighted by atomic mass is 9.92. The third-order valence-corrected chi connectivity index (χ3v) is 11.1. The highest BCUT2D eigenvalue weighted by molar-refractivity contribution is 6.24. The van der Waals surface area contributed by atoms with Crippen molar-refractivity contribution in [3.8, 4) is 39.5 Å². The van der Waals surface area contributed by atoms with E-state index in [0.29, 0.717) is 0 Å². The average Bonchev–Trinajstić information content (AvgIpc) is 3.79. The molecule has 254 valence electrons. The lowest BCUT2D eigenvalue weighted by Gasteiger charge is -2.16. The van der Waals surface area contributed by atoms with Gasteiger partial charge in [-0.1, -0.05) is 140 Å². The van der Waals surface area contributed by atoms with E-state index in [2.05, 4.69) is 192 Å². The number of nitrogens with zero attached hydrogens (tertiary/aromatic N) is 4. The van der Waals surface area contributed by atoms with Gasteiger partial charge in [0.25, 0.3) is 0 Å². The molecule has 0 aliphatic heterocycles. The van der Waals surface area contributed by atoms with E-state index >= 15 is 0 Å². The van der Waals surface area contributed by atoms with Gasteiger partial charge < -0.3 is 9.13 Å². The molecule has 0 unspecified atom stereocenters. The molecular weight excluding hydrogens is 657 g/mol. The van der Waals surface area contributed by atoms with Gasteiger partial charge in [-0.25, -0.2) is 9.97 Å². The number of imidazole rings is 1. The van der Waals surface area contributed by atoms with Crippen LogP contribution < -0.4 is 0 Å². The lowest BCUT2D eigenvalue weighted by molar-refractivity contribution is 0.796. The van der Waals surface area contributed by atoms with Crippen LogP contribution in [-0.2, 0) is 6.54 Å². The number of aromatic nitrogens is 4. The average molecular weight is 691 g/mol. The van der Waals surface area contributed by atoms with Crippen LogP contribution >= 0.6 is 0 Å². The maximum atomic E-state index is 5.56. The minimum atomic E-state index is 0.851. The van der Waals surface area contributed by atoms with E-state index < -0.39 is 0 Å². The van der Waals surface area contributed by atoms with Crippen molar-refractivity contribution in [2.75, 3.05) is 0 Å². The van der Waals surface area contributed by atoms with E-state index in [9.17, 15) is 0 Å². The monoisotopic (exact) mass is 690 g/mol. The van der Waals surface area contributed by atoms with Gasteiger partial charge in [0.2, 0.25) is 0 Å². The number of aryl methyl sites for hydroxylation is 1. The van der Waals surface area contributed by atoms with Crippen LogP contribution in [0.4, 0.5) is 0 Å². The zero-order valence-corrected chi connectivity index (χ0v) is 29.7. The fourth-order valence-corrected chi connectivity index (χ4v) is 8.63. The van der Waals surface area contributed by atoms with Crippen LogP contribution in [0.15, 0.2) is 176 Å². The number of rotatable bonds is 5. The summed E-state index contributed by atoms with van der Waals surface area (Å²) in [5.74, 6) is 0.985. The van der Waals surface area contributed by atoms with E-state index in [1.165, 1.54) is 38.0 Å². The quantitative estimate of drug-likeness (QED) is 0.169. The predicted molar refractivity (Wildman–Crippen MR) is 226 cm³/mol. The van der Waals surface area contributed by atoms with Gasteiger partial charge in [0.05, 0.1) is 33.3 Å². The molecule has 0 aliphatic carbocycles. The van der Waals surface area contributed by atoms with Crippen molar-refractivity contribution in [3.63, 3.8) is 0 Å². The number of hydrogen-bond acceptors (Lipinski definition) is 2. The molecule has 0 radical (unpaired) electrons. The smallest absolute Gasteiger partial charge is 0.141 e. The topological polar surface area (TPSA) is 35.6 Å². The van der Waals surface area contributed by atoms with Gasteiger partial charge in [-0.2, -0.15) is 0 Å². The molecule has 0 N–H and O–H groups in total. The first kappa shape index (κ1) is 30.6. The molecule has 4 nitrogen and oxygen atoms in total. The molecule has 11 aromatic rings. The molecule has 0 atom stereocenters. The number of benzene rings is 8. The standard InChI is InChI=1S/C50H34N4/c1-2-53-46-21-10-7-18-43(46)51-50(53)35-24-22-34(23-25-35)48-42-31-28-32-12-3-4-13-37(32)47(42)41-17-11-16-38(49(41)52-48)33-26-29-36(30-27-33)54-44-19-8-5-14-39(44)40-15-6-9-20-45(40)54/h3-31H,2H2,1H3. The molecule has 0 fully saturated rings. The molecule has 4 heteroatoms. The van der Waals surface area contributed by atoms with Crippen molar-refractivity contribution >= 4 is 65.3 Å². The number of hydrogen-bond donors (Lipinski definition) is 0. The highest BCUT2D eigenvalue weighted by Gasteiger charge is 2.18. The van der Waals surface area contributed by atoms with E-state index in [1.807, 2.05) is 0 Å². The third kappa shape index (κ3) is 4.56. The fourth-order valence-electron chi connectivity index (χ4n) is 8.63. The predicted octanol–water partition coefficient (Wildman–Crippen LogP) is 13.0. The first-order valence-electron chi connectivity index (χ1n) is 18.6. The number of para-hydroxylation sites is 5. The van der Waals surface area contributed by atoms with Gasteiger partial charge in [0.15, 0.2) is 0 Å². The van der Waals surface area contributed by atoms with Gasteiger partial charge in [-0.3, -0.25) is 0 Å². The van der Waals surface area contributed by atoms with Crippen LogP contribution in [0.25, 0.3) is 105 Å². The zero-order valence-electron chi connectivity index (χ0n) is 29.7. The Kier molecular flexibility index (Phi) is 6.80. The summed E-state index contributed by atoms with van der Waals surface area (Å²) < 4.78 is 4.66. The van der Waals surface area contributed by atoms with Crippen LogP contribution in [0.3, 0.4) is 0 Å². The van der Waals surface area contributed by atoms with Crippen LogP contribution in [0, 0.1) is 0 Å². The second-order valence-corrected chi connectivity index (χ2v) is 14.0. The van der Waals surface area contributed by atoms with E-state index in [4.69, 9.17) is 9.97 Å². The van der Waals surface area contributed by atoms with Crippen LogP contribution in [0.5, 0.6) is 0 Å². The fraction of sp³-hybridized carbons (Fsp3) is 0.0400. The largest absolute Gasteiger partial charge is 0.324 e. The number of fused-ring (bicyclic) bond motifs is 9. The van der Waals surface area contributed by atoms with Crippen LogP contribution in [0.2, 0.25) is 0 Å². The van der Waals surface area contributed by atoms with Gasteiger partial charge in [-0.05, 0) is 59.7 Å². The Morgan fingerprint density at radius 3 is 1.80 bits per heavy atom. The Bertz CT molecular complexity index is 3190. The Morgan fingerprint density at radius 2 is 1.06 bits per heavy atom. The Hall–Kier alpha value is -7.04. The summed E-state index contributed by atoms with van der Waals surface area (Å²) in [4.78, 5) is 10.6. The van der Waals surface area contributed by atoms with Crippen LogP contribution in [-0.4, -0.2) is 19.1 Å². The molecule has 0 saturated heterocycles. The van der Waals surface area contributed by atoms with E-state index in [-0.39, 0.29) is 0 Å².